The summed E-state index contributed by atoms with van der Waals surface area (Å²) in [5, 5.41) is 5.95. The topological polar surface area (TPSA) is 41.4 Å². The largest absolute Gasteiger partial charge is 0.369 e. The van der Waals surface area contributed by atoms with Crippen LogP contribution in [0.1, 0.15) is 0 Å². The normalized spacial score (nSPS) is 15.8. The molecule has 0 spiro atoms. The second-order valence-corrected chi connectivity index (χ2v) is 6.12. The van der Waals surface area contributed by atoms with E-state index in [1.165, 1.54) is 5.69 Å². The standard InChI is InChI=1S/C19H20N4O/c24-19-18-9-5-4-6-16(18)14-20-23(19)15-21-10-12-22(13-11-21)17-7-2-1-3-8-17/h1-9,14H,10-13,15H2. The van der Waals surface area contributed by atoms with Crippen molar-refractivity contribution in [3.05, 3.63) is 71.1 Å². The molecule has 5 nitrogen and oxygen atoms in total. The Morgan fingerprint density at radius 2 is 1.58 bits per heavy atom. The summed E-state index contributed by atoms with van der Waals surface area (Å²) in [6.45, 7) is 4.33. The van der Waals surface area contributed by atoms with Crippen LogP contribution in [0.15, 0.2) is 65.6 Å². The summed E-state index contributed by atoms with van der Waals surface area (Å²) in [7, 11) is 0. The maximum Gasteiger partial charge on any atom is 0.275 e. The number of nitrogens with zero attached hydrogens (tertiary/aromatic N) is 4. The first-order valence-corrected chi connectivity index (χ1v) is 8.28. The molecule has 1 aliphatic rings. The van der Waals surface area contributed by atoms with Gasteiger partial charge < -0.3 is 4.90 Å². The first-order valence-electron chi connectivity index (χ1n) is 8.28. The molecule has 2 heterocycles. The summed E-state index contributed by atoms with van der Waals surface area (Å²) in [5.74, 6) is 0. The van der Waals surface area contributed by atoms with E-state index in [-0.39, 0.29) is 5.56 Å². The van der Waals surface area contributed by atoms with Gasteiger partial charge in [0.2, 0.25) is 0 Å². The smallest absolute Gasteiger partial charge is 0.275 e. The van der Waals surface area contributed by atoms with E-state index in [9.17, 15) is 4.79 Å². The number of benzene rings is 2. The van der Waals surface area contributed by atoms with Gasteiger partial charge in [0.05, 0.1) is 18.3 Å². The van der Waals surface area contributed by atoms with Crippen LogP contribution in [-0.2, 0) is 6.67 Å². The Balaban J connectivity index is 1.46. The van der Waals surface area contributed by atoms with Crippen molar-refractivity contribution in [2.45, 2.75) is 6.67 Å². The second-order valence-electron chi connectivity index (χ2n) is 6.12. The van der Waals surface area contributed by atoms with Gasteiger partial charge in [0.1, 0.15) is 0 Å². The molecule has 3 aromatic rings. The number of aromatic nitrogens is 2. The number of rotatable bonds is 3. The molecule has 0 amide bonds. The van der Waals surface area contributed by atoms with Crippen molar-refractivity contribution >= 4 is 16.5 Å². The van der Waals surface area contributed by atoms with Gasteiger partial charge in [-0.15, -0.1) is 0 Å². The summed E-state index contributed by atoms with van der Waals surface area (Å²) in [6.07, 6.45) is 1.77. The van der Waals surface area contributed by atoms with Crippen molar-refractivity contribution in [3.63, 3.8) is 0 Å². The lowest BCUT2D eigenvalue weighted by Crippen LogP contribution is -2.48. The highest BCUT2D eigenvalue weighted by Crippen LogP contribution is 2.15. The summed E-state index contributed by atoms with van der Waals surface area (Å²) in [5.41, 5.74) is 1.25. The number of hydrogen-bond donors (Lipinski definition) is 0. The zero-order chi connectivity index (χ0) is 16.4. The third-order valence-corrected chi connectivity index (χ3v) is 4.59. The van der Waals surface area contributed by atoms with Gasteiger partial charge in [-0.25, -0.2) is 4.68 Å². The Morgan fingerprint density at radius 3 is 2.38 bits per heavy atom. The van der Waals surface area contributed by atoms with Gasteiger partial charge in [-0.05, 0) is 18.2 Å². The van der Waals surface area contributed by atoms with Crippen molar-refractivity contribution in [3.8, 4) is 0 Å². The van der Waals surface area contributed by atoms with Crippen LogP contribution in [0.5, 0.6) is 0 Å². The fraction of sp³-hybridized carbons (Fsp3) is 0.263. The maximum absolute atomic E-state index is 12.6. The quantitative estimate of drug-likeness (QED) is 0.742. The second kappa shape index (κ2) is 6.45. The molecule has 2 aromatic carbocycles. The highest BCUT2D eigenvalue weighted by Gasteiger charge is 2.18. The molecular formula is C19H20N4O. The van der Waals surface area contributed by atoms with E-state index in [1.807, 2.05) is 30.3 Å². The van der Waals surface area contributed by atoms with E-state index in [4.69, 9.17) is 0 Å². The van der Waals surface area contributed by atoms with E-state index >= 15 is 0 Å². The van der Waals surface area contributed by atoms with E-state index < -0.39 is 0 Å². The summed E-state index contributed by atoms with van der Waals surface area (Å²) in [4.78, 5) is 17.2. The minimum Gasteiger partial charge on any atom is -0.369 e. The lowest BCUT2D eigenvalue weighted by atomic mass is 10.2. The van der Waals surface area contributed by atoms with Gasteiger partial charge in [-0.2, -0.15) is 5.10 Å². The van der Waals surface area contributed by atoms with Gasteiger partial charge in [-0.3, -0.25) is 9.69 Å². The van der Waals surface area contributed by atoms with Crippen molar-refractivity contribution < 1.29 is 0 Å². The third kappa shape index (κ3) is 2.90. The van der Waals surface area contributed by atoms with Gasteiger partial charge in [0.15, 0.2) is 0 Å². The molecule has 0 saturated carbocycles. The molecule has 1 aliphatic heterocycles. The van der Waals surface area contributed by atoms with Crippen molar-refractivity contribution in [2.24, 2.45) is 0 Å². The van der Waals surface area contributed by atoms with E-state index in [0.717, 1.165) is 37.0 Å². The molecule has 0 radical (unpaired) electrons. The Kier molecular flexibility index (Phi) is 4.01. The van der Waals surface area contributed by atoms with E-state index in [1.54, 1.807) is 10.9 Å². The monoisotopic (exact) mass is 320 g/mol. The molecule has 1 saturated heterocycles. The average molecular weight is 320 g/mol. The molecule has 4 rings (SSSR count). The molecule has 0 unspecified atom stereocenters. The molecule has 122 valence electrons. The fourth-order valence-corrected chi connectivity index (χ4v) is 3.20. The summed E-state index contributed by atoms with van der Waals surface area (Å²) < 4.78 is 1.57. The number of anilines is 1. The Labute approximate surface area is 140 Å². The third-order valence-electron chi connectivity index (χ3n) is 4.59. The van der Waals surface area contributed by atoms with Crippen LogP contribution >= 0.6 is 0 Å². The lowest BCUT2D eigenvalue weighted by Gasteiger charge is -2.35. The first-order chi connectivity index (χ1) is 11.8. The van der Waals surface area contributed by atoms with Crippen LogP contribution in [-0.4, -0.2) is 40.9 Å². The fourth-order valence-electron chi connectivity index (χ4n) is 3.20. The predicted molar refractivity (Wildman–Crippen MR) is 96.2 cm³/mol. The molecule has 1 fully saturated rings. The molecule has 0 atom stereocenters. The minimum atomic E-state index is -0.0152. The van der Waals surface area contributed by atoms with Crippen LogP contribution in [0.3, 0.4) is 0 Å². The van der Waals surface area contributed by atoms with Gasteiger partial charge in [0, 0.05) is 37.3 Å². The molecule has 1 aromatic heterocycles. The van der Waals surface area contributed by atoms with Gasteiger partial charge in [0.25, 0.3) is 5.56 Å². The molecule has 0 aliphatic carbocycles. The zero-order valence-electron chi connectivity index (χ0n) is 13.5. The van der Waals surface area contributed by atoms with Crippen molar-refractivity contribution in [2.75, 3.05) is 31.1 Å². The Morgan fingerprint density at radius 1 is 0.875 bits per heavy atom. The summed E-state index contributed by atoms with van der Waals surface area (Å²) >= 11 is 0. The average Bonchev–Trinajstić information content (AvgIpc) is 2.66. The van der Waals surface area contributed by atoms with Crippen LogP contribution in [0, 0.1) is 0 Å². The predicted octanol–water partition coefficient (Wildman–Crippen LogP) is 2.18. The zero-order valence-corrected chi connectivity index (χ0v) is 13.5. The SMILES string of the molecule is O=c1c2ccccc2cnn1CN1CCN(c2ccccc2)CC1. The molecule has 0 N–H and O–H groups in total. The molecule has 5 heteroatoms. The minimum absolute atomic E-state index is 0.0152. The van der Waals surface area contributed by atoms with Crippen LogP contribution in [0.2, 0.25) is 0 Å². The number of hydrogen-bond acceptors (Lipinski definition) is 4. The number of para-hydroxylation sites is 1. The van der Waals surface area contributed by atoms with Crippen LogP contribution in [0.25, 0.3) is 10.8 Å². The van der Waals surface area contributed by atoms with Gasteiger partial charge in [-0.1, -0.05) is 36.4 Å². The Hall–Kier alpha value is -2.66. The summed E-state index contributed by atoms with van der Waals surface area (Å²) in [6, 6.07) is 18.1. The first kappa shape index (κ1) is 14.9. The van der Waals surface area contributed by atoms with Crippen LogP contribution < -0.4 is 10.5 Å². The van der Waals surface area contributed by atoms with E-state index in [2.05, 4.69) is 39.2 Å². The van der Waals surface area contributed by atoms with Crippen molar-refractivity contribution in [1.29, 1.82) is 0 Å². The van der Waals surface area contributed by atoms with Gasteiger partial charge >= 0.3 is 0 Å². The highest BCUT2D eigenvalue weighted by atomic mass is 16.1. The lowest BCUT2D eigenvalue weighted by molar-refractivity contribution is 0.192. The highest BCUT2D eigenvalue weighted by molar-refractivity contribution is 5.80. The number of piperazine rings is 1. The molecular weight excluding hydrogens is 300 g/mol. The number of fused-ring (bicyclic) bond motifs is 1. The molecule has 24 heavy (non-hydrogen) atoms. The maximum atomic E-state index is 12.6. The van der Waals surface area contributed by atoms with Crippen molar-refractivity contribution in [1.82, 2.24) is 14.7 Å². The van der Waals surface area contributed by atoms with E-state index in [0.29, 0.717) is 6.67 Å². The van der Waals surface area contributed by atoms with Crippen LogP contribution in [0.4, 0.5) is 5.69 Å². The Bertz CT molecular complexity index is 883. The molecule has 0 bridgehead atoms.